The van der Waals surface area contributed by atoms with Gasteiger partial charge in [0, 0.05) is 16.2 Å². The van der Waals surface area contributed by atoms with Crippen molar-refractivity contribution in [3.8, 4) is 5.88 Å². The summed E-state index contributed by atoms with van der Waals surface area (Å²) in [6.45, 7) is 0.370. The molecule has 5 nitrogen and oxygen atoms in total. The van der Waals surface area contributed by atoms with Gasteiger partial charge in [0.25, 0.3) is 5.56 Å². The van der Waals surface area contributed by atoms with E-state index in [1.807, 2.05) is 24.3 Å². The van der Waals surface area contributed by atoms with Gasteiger partial charge in [-0.1, -0.05) is 22.0 Å². The molecule has 0 radical (unpaired) electrons. The molecule has 0 aliphatic rings. The Morgan fingerprint density at radius 3 is 2.95 bits per heavy atom. The second-order valence-electron chi connectivity index (χ2n) is 4.51. The van der Waals surface area contributed by atoms with Crippen LogP contribution < -0.4 is 10.3 Å². The van der Waals surface area contributed by atoms with Crippen molar-refractivity contribution in [1.29, 1.82) is 0 Å². The second kappa shape index (κ2) is 5.65. The summed E-state index contributed by atoms with van der Waals surface area (Å²) >= 11 is 3.37. The van der Waals surface area contributed by atoms with E-state index >= 15 is 0 Å². The Kier molecular flexibility index (Phi) is 3.70. The number of fused-ring (bicyclic) bond motifs is 1. The van der Waals surface area contributed by atoms with Crippen molar-refractivity contribution in [3.63, 3.8) is 0 Å². The van der Waals surface area contributed by atoms with Crippen molar-refractivity contribution in [3.05, 3.63) is 63.2 Å². The number of pyridine rings is 1. The summed E-state index contributed by atoms with van der Waals surface area (Å²) in [5, 5.41) is 0.587. The van der Waals surface area contributed by atoms with Crippen molar-refractivity contribution in [2.24, 2.45) is 0 Å². The summed E-state index contributed by atoms with van der Waals surface area (Å²) in [5.41, 5.74) is 1.42. The summed E-state index contributed by atoms with van der Waals surface area (Å²) in [5.74, 6) is 0.514. The molecule has 0 unspecified atom stereocenters. The van der Waals surface area contributed by atoms with E-state index in [0.717, 1.165) is 10.0 Å². The molecule has 0 atom stereocenters. The number of benzene rings is 1. The van der Waals surface area contributed by atoms with E-state index in [1.54, 1.807) is 30.3 Å². The summed E-state index contributed by atoms with van der Waals surface area (Å²) in [6, 6.07) is 9.12. The zero-order valence-corrected chi connectivity index (χ0v) is 12.9. The molecule has 0 aliphatic heterocycles. The Labute approximate surface area is 129 Å². The first-order chi connectivity index (χ1) is 10.2. The average molecular weight is 346 g/mol. The molecule has 0 aliphatic carbocycles. The van der Waals surface area contributed by atoms with Crippen LogP contribution >= 0.6 is 15.9 Å². The van der Waals surface area contributed by atoms with E-state index in [4.69, 9.17) is 4.74 Å². The minimum atomic E-state index is -0.0848. The number of methoxy groups -OCH3 is 1. The molecule has 0 amide bonds. The lowest BCUT2D eigenvalue weighted by molar-refractivity contribution is 0.391. The Hall–Kier alpha value is -2.21. The predicted molar refractivity (Wildman–Crippen MR) is 83.6 cm³/mol. The van der Waals surface area contributed by atoms with Gasteiger partial charge in [0.2, 0.25) is 5.88 Å². The predicted octanol–water partition coefficient (Wildman–Crippen LogP) is 2.61. The SMILES string of the molecule is COc1ncccc1Cn1cnc2cc(Br)ccc2c1=O. The highest BCUT2D eigenvalue weighted by Crippen LogP contribution is 2.17. The molecule has 2 aromatic heterocycles. The number of rotatable bonds is 3. The monoisotopic (exact) mass is 345 g/mol. The molecular formula is C15H12BrN3O2. The molecule has 2 heterocycles. The molecule has 3 aromatic rings. The number of halogens is 1. The minimum Gasteiger partial charge on any atom is -0.481 e. The highest BCUT2D eigenvalue weighted by Gasteiger charge is 2.08. The first-order valence-electron chi connectivity index (χ1n) is 6.31. The van der Waals surface area contributed by atoms with Crippen LogP contribution in [0.15, 0.2) is 52.1 Å². The topological polar surface area (TPSA) is 57.0 Å². The van der Waals surface area contributed by atoms with Gasteiger partial charge in [-0.3, -0.25) is 9.36 Å². The molecule has 6 heteroatoms. The number of ether oxygens (including phenoxy) is 1. The van der Waals surface area contributed by atoms with E-state index in [9.17, 15) is 4.79 Å². The van der Waals surface area contributed by atoms with Crippen LogP contribution in [-0.2, 0) is 6.54 Å². The second-order valence-corrected chi connectivity index (χ2v) is 5.43. The fourth-order valence-electron chi connectivity index (χ4n) is 2.16. The smallest absolute Gasteiger partial charge is 0.261 e. The van der Waals surface area contributed by atoms with Crippen molar-refractivity contribution < 1.29 is 4.74 Å². The van der Waals surface area contributed by atoms with Gasteiger partial charge in [0.05, 0.1) is 30.9 Å². The Morgan fingerprint density at radius 1 is 1.29 bits per heavy atom. The van der Waals surface area contributed by atoms with Crippen LogP contribution in [0.1, 0.15) is 5.56 Å². The zero-order valence-electron chi connectivity index (χ0n) is 11.3. The van der Waals surface area contributed by atoms with Crippen molar-refractivity contribution in [1.82, 2.24) is 14.5 Å². The number of hydrogen-bond donors (Lipinski definition) is 0. The molecule has 0 saturated heterocycles. The molecule has 1 aromatic carbocycles. The maximum atomic E-state index is 12.5. The summed E-state index contributed by atoms with van der Waals surface area (Å²) in [4.78, 5) is 20.9. The lowest BCUT2D eigenvalue weighted by Gasteiger charge is -2.09. The molecule has 3 rings (SSSR count). The van der Waals surface area contributed by atoms with Gasteiger partial charge in [0.1, 0.15) is 0 Å². The van der Waals surface area contributed by atoms with Gasteiger partial charge < -0.3 is 4.74 Å². The highest BCUT2D eigenvalue weighted by atomic mass is 79.9. The van der Waals surface area contributed by atoms with Crippen LogP contribution in [0.5, 0.6) is 5.88 Å². The number of aromatic nitrogens is 3. The third-order valence-corrected chi connectivity index (χ3v) is 3.66. The van der Waals surface area contributed by atoms with Gasteiger partial charge in [-0.25, -0.2) is 9.97 Å². The van der Waals surface area contributed by atoms with Crippen molar-refractivity contribution in [2.75, 3.05) is 7.11 Å². The van der Waals surface area contributed by atoms with E-state index in [0.29, 0.717) is 23.3 Å². The molecule has 0 N–H and O–H groups in total. The van der Waals surface area contributed by atoms with E-state index in [1.165, 1.54) is 0 Å². The first kappa shape index (κ1) is 13.8. The van der Waals surface area contributed by atoms with E-state index < -0.39 is 0 Å². The number of hydrogen-bond acceptors (Lipinski definition) is 4. The highest BCUT2D eigenvalue weighted by molar-refractivity contribution is 9.10. The van der Waals surface area contributed by atoms with Crippen LogP contribution in [0.3, 0.4) is 0 Å². The Bertz CT molecular complexity index is 861. The maximum absolute atomic E-state index is 12.5. The van der Waals surface area contributed by atoms with Crippen LogP contribution in [0.2, 0.25) is 0 Å². The van der Waals surface area contributed by atoms with Crippen LogP contribution in [-0.4, -0.2) is 21.6 Å². The fraction of sp³-hybridized carbons (Fsp3) is 0.133. The molecule has 0 fully saturated rings. The van der Waals surface area contributed by atoms with Gasteiger partial charge in [-0.2, -0.15) is 0 Å². The summed E-state index contributed by atoms with van der Waals surface area (Å²) < 4.78 is 7.66. The van der Waals surface area contributed by atoms with Crippen LogP contribution in [0.4, 0.5) is 0 Å². The maximum Gasteiger partial charge on any atom is 0.261 e. The third-order valence-electron chi connectivity index (χ3n) is 3.17. The summed E-state index contributed by atoms with van der Waals surface area (Å²) in [7, 11) is 1.56. The molecule has 106 valence electrons. The normalized spacial score (nSPS) is 10.8. The van der Waals surface area contributed by atoms with Gasteiger partial charge >= 0.3 is 0 Å². The van der Waals surface area contributed by atoms with Crippen LogP contribution in [0, 0.1) is 0 Å². The van der Waals surface area contributed by atoms with E-state index in [-0.39, 0.29) is 5.56 Å². The summed E-state index contributed by atoms with van der Waals surface area (Å²) in [6.07, 6.45) is 3.20. The minimum absolute atomic E-state index is 0.0848. The molecule has 0 spiro atoms. The molecular weight excluding hydrogens is 334 g/mol. The van der Waals surface area contributed by atoms with Crippen LogP contribution in [0.25, 0.3) is 10.9 Å². The van der Waals surface area contributed by atoms with Crippen molar-refractivity contribution >= 4 is 26.8 Å². The average Bonchev–Trinajstić information content (AvgIpc) is 2.50. The van der Waals surface area contributed by atoms with E-state index in [2.05, 4.69) is 25.9 Å². The van der Waals surface area contributed by atoms with Gasteiger partial charge in [-0.05, 0) is 24.3 Å². The fourth-order valence-corrected chi connectivity index (χ4v) is 2.50. The Morgan fingerprint density at radius 2 is 2.14 bits per heavy atom. The number of nitrogens with zero attached hydrogens (tertiary/aromatic N) is 3. The standard InChI is InChI=1S/C15H12BrN3O2/c1-21-14-10(3-2-6-17-14)8-19-9-18-13-7-11(16)4-5-12(13)15(19)20/h2-7,9H,8H2,1H3. The lowest BCUT2D eigenvalue weighted by Crippen LogP contribution is -2.21. The largest absolute Gasteiger partial charge is 0.481 e. The first-order valence-corrected chi connectivity index (χ1v) is 7.11. The lowest BCUT2D eigenvalue weighted by atomic mass is 10.2. The van der Waals surface area contributed by atoms with Gasteiger partial charge in [0.15, 0.2) is 0 Å². The zero-order chi connectivity index (χ0) is 14.8. The quantitative estimate of drug-likeness (QED) is 0.732. The third kappa shape index (κ3) is 2.67. The molecule has 0 bridgehead atoms. The molecule has 21 heavy (non-hydrogen) atoms. The van der Waals surface area contributed by atoms with Gasteiger partial charge in [-0.15, -0.1) is 0 Å². The van der Waals surface area contributed by atoms with Crippen molar-refractivity contribution in [2.45, 2.75) is 6.54 Å². The Balaban J connectivity index is 2.07. The molecule has 0 saturated carbocycles.